The summed E-state index contributed by atoms with van der Waals surface area (Å²) in [5.74, 6) is 0.211. The number of nitrogens with two attached hydrogens (primary N) is 1. The van der Waals surface area contributed by atoms with Gasteiger partial charge in [0.2, 0.25) is 5.91 Å². The van der Waals surface area contributed by atoms with E-state index < -0.39 is 0 Å². The third-order valence-electron chi connectivity index (χ3n) is 3.56. The molecule has 0 bridgehead atoms. The molecule has 0 spiro atoms. The first-order valence-electron chi connectivity index (χ1n) is 6.38. The molecule has 0 heterocycles. The minimum Gasteiger partial charge on any atom is -0.399 e. The molecule has 1 amide bonds. The lowest BCUT2D eigenvalue weighted by Gasteiger charge is -2.26. The molecule has 98 valence electrons. The molecule has 2 rings (SSSR count). The van der Waals surface area contributed by atoms with Gasteiger partial charge in [-0.15, -0.1) is 0 Å². The second-order valence-corrected chi connectivity index (χ2v) is 4.82. The quantitative estimate of drug-likeness (QED) is 0.807. The maximum Gasteiger partial charge on any atom is 0.227 e. The maximum absolute atomic E-state index is 12.1. The second kappa shape index (κ2) is 5.87. The minimum absolute atomic E-state index is 0.106. The Kier molecular flexibility index (Phi) is 4.20. The van der Waals surface area contributed by atoms with Gasteiger partial charge in [0, 0.05) is 24.4 Å². The third kappa shape index (κ3) is 3.23. The highest BCUT2D eigenvalue weighted by molar-refractivity contribution is 5.92. The zero-order valence-electron chi connectivity index (χ0n) is 10.7. The number of methoxy groups -OCH3 is 1. The lowest BCUT2D eigenvalue weighted by molar-refractivity contribution is -0.121. The Morgan fingerprint density at radius 3 is 2.39 bits per heavy atom. The molecule has 0 aliphatic heterocycles. The number of ether oxygens (including phenoxy) is 1. The topological polar surface area (TPSA) is 64.3 Å². The Morgan fingerprint density at radius 1 is 1.22 bits per heavy atom. The molecule has 1 saturated carbocycles. The minimum atomic E-state index is 0.106. The number of nitrogens with one attached hydrogen (secondary N) is 1. The van der Waals surface area contributed by atoms with Crippen molar-refractivity contribution in [3.8, 4) is 0 Å². The van der Waals surface area contributed by atoms with E-state index in [0.717, 1.165) is 31.4 Å². The van der Waals surface area contributed by atoms with E-state index >= 15 is 0 Å². The number of nitrogen functional groups attached to an aromatic ring is 1. The summed E-state index contributed by atoms with van der Waals surface area (Å²) >= 11 is 0. The first kappa shape index (κ1) is 12.9. The number of rotatable bonds is 3. The van der Waals surface area contributed by atoms with Crippen molar-refractivity contribution in [1.82, 2.24) is 0 Å². The highest BCUT2D eigenvalue weighted by Crippen LogP contribution is 2.27. The van der Waals surface area contributed by atoms with Crippen molar-refractivity contribution in [2.75, 3.05) is 18.2 Å². The molecule has 0 radical (unpaired) electrons. The van der Waals surface area contributed by atoms with Crippen LogP contribution in [0.4, 0.5) is 11.4 Å². The van der Waals surface area contributed by atoms with E-state index in [4.69, 9.17) is 10.5 Å². The van der Waals surface area contributed by atoms with Crippen molar-refractivity contribution < 1.29 is 9.53 Å². The van der Waals surface area contributed by atoms with Crippen molar-refractivity contribution in [3.05, 3.63) is 24.3 Å². The van der Waals surface area contributed by atoms with Crippen molar-refractivity contribution in [2.45, 2.75) is 31.8 Å². The molecular formula is C14H20N2O2. The summed E-state index contributed by atoms with van der Waals surface area (Å²) in [5, 5.41) is 2.94. The number of benzene rings is 1. The predicted octanol–water partition coefficient (Wildman–Crippen LogP) is 2.41. The monoisotopic (exact) mass is 248 g/mol. The first-order chi connectivity index (χ1) is 8.69. The van der Waals surface area contributed by atoms with Crippen LogP contribution >= 0.6 is 0 Å². The lowest BCUT2D eigenvalue weighted by Crippen LogP contribution is -2.29. The Hall–Kier alpha value is -1.55. The number of anilines is 2. The van der Waals surface area contributed by atoms with Gasteiger partial charge in [0.15, 0.2) is 0 Å². The normalized spacial score (nSPS) is 23.6. The van der Waals surface area contributed by atoms with Crippen molar-refractivity contribution >= 4 is 17.3 Å². The van der Waals surface area contributed by atoms with E-state index in [9.17, 15) is 4.79 Å². The van der Waals surface area contributed by atoms with Gasteiger partial charge in [-0.05, 0) is 49.9 Å². The Labute approximate surface area is 108 Å². The molecule has 1 fully saturated rings. The summed E-state index contributed by atoms with van der Waals surface area (Å²) in [7, 11) is 1.74. The van der Waals surface area contributed by atoms with Crippen LogP contribution in [0.15, 0.2) is 24.3 Å². The van der Waals surface area contributed by atoms with Crippen molar-refractivity contribution in [2.24, 2.45) is 5.92 Å². The predicted molar refractivity (Wildman–Crippen MR) is 72.2 cm³/mol. The van der Waals surface area contributed by atoms with Crippen LogP contribution in [-0.2, 0) is 9.53 Å². The molecule has 0 unspecified atom stereocenters. The van der Waals surface area contributed by atoms with Crippen LogP contribution in [0.5, 0.6) is 0 Å². The van der Waals surface area contributed by atoms with Gasteiger partial charge in [0.25, 0.3) is 0 Å². The van der Waals surface area contributed by atoms with Gasteiger partial charge >= 0.3 is 0 Å². The smallest absolute Gasteiger partial charge is 0.227 e. The summed E-state index contributed by atoms with van der Waals surface area (Å²) in [6.07, 6.45) is 4.07. The largest absolute Gasteiger partial charge is 0.399 e. The van der Waals surface area contributed by atoms with E-state index in [1.165, 1.54) is 0 Å². The second-order valence-electron chi connectivity index (χ2n) is 4.82. The van der Waals surface area contributed by atoms with Gasteiger partial charge in [-0.1, -0.05) is 0 Å². The molecule has 1 aliphatic carbocycles. The van der Waals surface area contributed by atoms with Gasteiger partial charge in [0.05, 0.1) is 6.10 Å². The summed E-state index contributed by atoms with van der Waals surface area (Å²) in [5.41, 5.74) is 7.12. The summed E-state index contributed by atoms with van der Waals surface area (Å²) in [4.78, 5) is 12.1. The van der Waals surface area contributed by atoms with Crippen molar-refractivity contribution in [3.63, 3.8) is 0 Å². The summed E-state index contributed by atoms with van der Waals surface area (Å²) < 4.78 is 5.31. The first-order valence-corrected chi connectivity index (χ1v) is 6.38. The van der Waals surface area contributed by atoms with E-state index in [-0.39, 0.29) is 11.8 Å². The fourth-order valence-electron chi connectivity index (χ4n) is 2.37. The van der Waals surface area contributed by atoms with Crippen LogP contribution < -0.4 is 11.1 Å². The van der Waals surface area contributed by atoms with Crippen LogP contribution in [0.25, 0.3) is 0 Å². The summed E-state index contributed by atoms with van der Waals surface area (Å²) in [6.45, 7) is 0. The van der Waals surface area contributed by atoms with Crippen LogP contribution in [0.3, 0.4) is 0 Å². The number of carbonyl (C=O) groups excluding carboxylic acids is 1. The molecule has 4 heteroatoms. The molecule has 0 aromatic heterocycles. The molecule has 1 aromatic carbocycles. The Bertz CT molecular complexity index is 395. The van der Waals surface area contributed by atoms with Crippen LogP contribution in [0.1, 0.15) is 25.7 Å². The average Bonchev–Trinajstić information content (AvgIpc) is 2.41. The third-order valence-corrected chi connectivity index (χ3v) is 3.56. The Morgan fingerprint density at radius 2 is 1.83 bits per heavy atom. The zero-order chi connectivity index (χ0) is 13.0. The van der Waals surface area contributed by atoms with Crippen LogP contribution in [0, 0.1) is 5.92 Å². The van der Waals surface area contributed by atoms with Crippen molar-refractivity contribution in [1.29, 1.82) is 0 Å². The number of amides is 1. The number of hydrogen-bond acceptors (Lipinski definition) is 3. The molecule has 18 heavy (non-hydrogen) atoms. The van der Waals surface area contributed by atoms with Gasteiger partial charge in [-0.2, -0.15) is 0 Å². The van der Waals surface area contributed by atoms with Gasteiger partial charge < -0.3 is 15.8 Å². The number of hydrogen-bond donors (Lipinski definition) is 2. The van der Waals surface area contributed by atoms with E-state index in [0.29, 0.717) is 11.8 Å². The molecule has 1 aliphatic rings. The van der Waals surface area contributed by atoms with E-state index in [1.54, 1.807) is 19.2 Å². The highest BCUT2D eigenvalue weighted by Gasteiger charge is 2.26. The van der Waals surface area contributed by atoms with Crippen LogP contribution in [0.2, 0.25) is 0 Å². The molecular weight excluding hydrogens is 228 g/mol. The van der Waals surface area contributed by atoms with E-state index in [2.05, 4.69) is 5.32 Å². The fraction of sp³-hybridized carbons (Fsp3) is 0.500. The molecule has 0 saturated heterocycles. The number of carbonyl (C=O) groups is 1. The van der Waals surface area contributed by atoms with Gasteiger partial charge in [-0.3, -0.25) is 4.79 Å². The standard InChI is InChI=1S/C14H20N2O2/c1-18-13-8-2-10(3-9-13)14(17)16-12-6-4-11(15)5-7-12/h4-7,10,13H,2-3,8-9,15H2,1H3,(H,16,17). The van der Waals surface area contributed by atoms with Crippen LogP contribution in [-0.4, -0.2) is 19.1 Å². The Balaban J connectivity index is 1.87. The van der Waals surface area contributed by atoms with E-state index in [1.807, 2.05) is 12.1 Å². The highest BCUT2D eigenvalue weighted by atomic mass is 16.5. The van der Waals surface area contributed by atoms with Gasteiger partial charge in [-0.25, -0.2) is 0 Å². The van der Waals surface area contributed by atoms with Gasteiger partial charge in [0.1, 0.15) is 0 Å². The zero-order valence-corrected chi connectivity index (χ0v) is 10.7. The summed E-state index contributed by atoms with van der Waals surface area (Å²) in [6, 6.07) is 7.23. The average molecular weight is 248 g/mol. The molecule has 0 atom stereocenters. The maximum atomic E-state index is 12.1. The lowest BCUT2D eigenvalue weighted by atomic mass is 9.87. The molecule has 4 nitrogen and oxygen atoms in total. The fourth-order valence-corrected chi connectivity index (χ4v) is 2.37. The molecule has 3 N–H and O–H groups in total. The molecule has 1 aromatic rings. The SMILES string of the molecule is COC1CCC(C(=O)Nc2ccc(N)cc2)CC1.